The Labute approximate surface area is 123 Å². The van der Waals surface area contributed by atoms with Crippen molar-refractivity contribution in [3.8, 4) is 0 Å². The minimum Gasteiger partial charge on any atom is -0.481 e. The van der Waals surface area contributed by atoms with E-state index in [0.29, 0.717) is 18.4 Å². The molecule has 1 amide bonds. The summed E-state index contributed by atoms with van der Waals surface area (Å²) in [6, 6.07) is 7.16. The van der Waals surface area contributed by atoms with Crippen LogP contribution in [0.25, 0.3) is 0 Å². The lowest BCUT2D eigenvalue weighted by molar-refractivity contribution is -0.142. The van der Waals surface area contributed by atoms with Gasteiger partial charge in [0.25, 0.3) is 0 Å². The molecule has 2 unspecified atom stereocenters. The number of carbonyl (C=O) groups is 3. The number of carbonyl (C=O) groups excluding carboxylic acids is 2. The second-order valence-electron chi connectivity index (χ2n) is 5.56. The minimum atomic E-state index is -0.922. The normalized spacial score (nSPS) is 18.8. The van der Waals surface area contributed by atoms with Crippen LogP contribution in [0.2, 0.25) is 0 Å². The van der Waals surface area contributed by atoms with Crippen LogP contribution < -0.4 is 0 Å². The molecule has 112 valence electrons. The Morgan fingerprint density at radius 3 is 2.71 bits per heavy atom. The lowest BCUT2D eigenvalue weighted by atomic mass is 9.81. The molecule has 1 aliphatic carbocycles. The van der Waals surface area contributed by atoms with Gasteiger partial charge in [-0.05, 0) is 12.0 Å². The second kappa shape index (κ2) is 6.08. The maximum absolute atomic E-state index is 12.5. The molecule has 1 N–H and O–H groups in total. The Bertz CT molecular complexity index is 581. The second-order valence-corrected chi connectivity index (χ2v) is 5.56. The largest absolute Gasteiger partial charge is 0.481 e. The van der Waals surface area contributed by atoms with Crippen LogP contribution in [-0.4, -0.2) is 41.3 Å². The fourth-order valence-corrected chi connectivity index (χ4v) is 2.72. The third-order valence-corrected chi connectivity index (χ3v) is 3.94. The van der Waals surface area contributed by atoms with Gasteiger partial charge in [0, 0.05) is 25.6 Å². The first kappa shape index (κ1) is 15.2. The molecule has 0 bridgehead atoms. The number of benzene rings is 1. The van der Waals surface area contributed by atoms with Gasteiger partial charge in [0.15, 0.2) is 5.78 Å². The van der Waals surface area contributed by atoms with E-state index in [0.717, 1.165) is 5.56 Å². The van der Waals surface area contributed by atoms with Crippen LogP contribution in [0.5, 0.6) is 0 Å². The van der Waals surface area contributed by atoms with Crippen LogP contribution >= 0.6 is 0 Å². The van der Waals surface area contributed by atoms with E-state index in [9.17, 15) is 14.4 Å². The van der Waals surface area contributed by atoms with E-state index >= 15 is 0 Å². The van der Waals surface area contributed by atoms with E-state index in [1.807, 2.05) is 12.1 Å². The van der Waals surface area contributed by atoms with E-state index < -0.39 is 11.9 Å². The van der Waals surface area contributed by atoms with Gasteiger partial charge in [-0.15, -0.1) is 0 Å². The first-order chi connectivity index (χ1) is 9.91. The van der Waals surface area contributed by atoms with Crippen molar-refractivity contribution in [1.82, 2.24) is 4.90 Å². The zero-order valence-corrected chi connectivity index (χ0v) is 12.2. The Morgan fingerprint density at radius 1 is 1.38 bits per heavy atom. The Kier molecular flexibility index (Phi) is 4.40. The highest BCUT2D eigenvalue weighted by molar-refractivity contribution is 6.01. The van der Waals surface area contributed by atoms with Crippen molar-refractivity contribution < 1.29 is 19.5 Å². The van der Waals surface area contributed by atoms with Crippen molar-refractivity contribution in [1.29, 1.82) is 0 Å². The average Bonchev–Trinajstić information content (AvgIpc) is 2.47. The van der Waals surface area contributed by atoms with Crippen LogP contribution in [0.15, 0.2) is 24.3 Å². The zero-order chi connectivity index (χ0) is 15.6. The Morgan fingerprint density at radius 2 is 2.05 bits per heavy atom. The van der Waals surface area contributed by atoms with E-state index in [1.165, 1.54) is 4.90 Å². The van der Waals surface area contributed by atoms with Gasteiger partial charge >= 0.3 is 5.97 Å². The van der Waals surface area contributed by atoms with Crippen molar-refractivity contribution >= 4 is 17.7 Å². The number of fused-ring (bicyclic) bond motifs is 1. The molecule has 2 atom stereocenters. The van der Waals surface area contributed by atoms with Crippen LogP contribution in [0.1, 0.15) is 41.6 Å². The zero-order valence-electron chi connectivity index (χ0n) is 12.2. The Hall–Kier alpha value is -2.17. The van der Waals surface area contributed by atoms with Crippen molar-refractivity contribution in [2.45, 2.75) is 25.7 Å². The molecule has 0 spiro atoms. The Balaban J connectivity index is 2.19. The summed E-state index contributed by atoms with van der Waals surface area (Å²) >= 11 is 0. The molecule has 1 aliphatic rings. The van der Waals surface area contributed by atoms with E-state index in [-0.39, 0.29) is 24.2 Å². The highest BCUT2D eigenvalue weighted by Crippen LogP contribution is 2.32. The molecule has 5 nitrogen and oxygen atoms in total. The number of nitrogens with zero attached hydrogens (tertiary/aromatic N) is 1. The fourth-order valence-electron chi connectivity index (χ4n) is 2.72. The lowest BCUT2D eigenvalue weighted by Gasteiger charge is -2.28. The maximum atomic E-state index is 12.5. The molecule has 0 aliphatic heterocycles. The van der Waals surface area contributed by atoms with Gasteiger partial charge in [-0.1, -0.05) is 31.2 Å². The number of hydrogen-bond donors (Lipinski definition) is 1. The molecular weight excluding hydrogens is 270 g/mol. The van der Waals surface area contributed by atoms with E-state index in [1.54, 1.807) is 26.1 Å². The molecule has 1 aromatic rings. The number of ketones is 1. The van der Waals surface area contributed by atoms with Gasteiger partial charge in [0.1, 0.15) is 0 Å². The van der Waals surface area contributed by atoms with Crippen molar-refractivity contribution in [3.05, 3.63) is 35.4 Å². The molecule has 0 fully saturated rings. The number of carboxylic acid groups (broad SMARTS) is 1. The van der Waals surface area contributed by atoms with Crippen LogP contribution in [0, 0.1) is 5.92 Å². The lowest BCUT2D eigenvalue weighted by Crippen LogP contribution is -2.38. The number of aliphatic carboxylic acids is 1. The molecule has 21 heavy (non-hydrogen) atoms. The van der Waals surface area contributed by atoms with Crippen LogP contribution in [-0.2, 0) is 9.59 Å². The first-order valence-corrected chi connectivity index (χ1v) is 7.01. The molecule has 0 saturated carbocycles. The van der Waals surface area contributed by atoms with Gasteiger partial charge in [0.2, 0.25) is 5.91 Å². The fraction of sp³-hybridized carbons (Fsp3) is 0.438. The van der Waals surface area contributed by atoms with Crippen molar-refractivity contribution in [2.24, 2.45) is 5.92 Å². The highest BCUT2D eigenvalue weighted by Gasteiger charge is 2.32. The first-order valence-electron chi connectivity index (χ1n) is 7.01. The number of carboxylic acids is 1. The van der Waals surface area contributed by atoms with Gasteiger partial charge in [-0.3, -0.25) is 14.4 Å². The van der Waals surface area contributed by atoms with Crippen LogP contribution in [0.4, 0.5) is 0 Å². The summed E-state index contributed by atoms with van der Waals surface area (Å²) in [6.45, 7) is 1.74. The number of amides is 1. The molecule has 0 radical (unpaired) electrons. The van der Waals surface area contributed by atoms with Gasteiger partial charge < -0.3 is 10.0 Å². The quantitative estimate of drug-likeness (QED) is 0.919. The molecule has 0 heterocycles. The summed E-state index contributed by atoms with van der Waals surface area (Å²) in [5, 5.41) is 8.93. The smallest absolute Gasteiger partial charge is 0.308 e. The monoisotopic (exact) mass is 289 g/mol. The number of Topliss-reactive ketones (excluding diaryl/α,β-unsaturated/α-hetero) is 1. The number of rotatable bonds is 4. The number of likely N-dealkylation sites (N-methyl/N-ethyl adjacent to an activating group) is 1. The standard InChI is InChI=1S/C16H19NO4/c1-10(16(20)21)9-17(2)15(19)13-7-8-14(18)12-6-4-3-5-11(12)13/h3-6,10,13H,7-9H2,1-2H3,(H,20,21). The summed E-state index contributed by atoms with van der Waals surface area (Å²) in [4.78, 5) is 36.8. The predicted molar refractivity (Wildman–Crippen MR) is 77.2 cm³/mol. The summed E-state index contributed by atoms with van der Waals surface area (Å²) in [6.07, 6.45) is 0.843. The molecule has 0 aromatic heterocycles. The number of hydrogen-bond acceptors (Lipinski definition) is 3. The summed E-state index contributed by atoms with van der Waals surface area (Å²) in [5.74, 6) is -1.95. The van der Waals surface area contributed by atoms with Gasteiger partial charge in [-0.25, -0.2) is 0 Å². The average molecular weight is 289 g/mol. The molecule has 0 saturated heterocycles. The van der Waals surface area contributed by atoms with E-state index in [4.69, 9.17) is 5.11 Å². The predicted octanol–water partition coefficient (Wildman–Crippen LogP) is 1.93. The third-order valence-electron chi connectivity index (χ3n) is 3.94. The minimum absolute atomic E-state index is 0.0659. The van der Waals surface area contributed by atoms with E-state index in [2.05, 4.69) is 0 Å². The highest BCUT2D eigenvalue weighted by atomic mass is 16.4. The van der Waals surface area contributed by atoms with Gasteiger partial charge in [-0.2, -0.15) is 0 Å². The third kappa shape index (κ3) is 3.12. The topological polar surface area (TPSA) is 74.7 Å². The summed E-state index contributed by atoms with van der Waals surface area (Å²) < 4.78 is 0. The van der Waals surface area contributed by atoms with Crippen molar-refractivity contribution in [2.75, 3.05) is 13.6 Å². The SMILES string of the molecule is CC(CN(C)C(=O)C1CCC(=O)c2ccccc21)C(=O)O. The van der Waals surface area contributed by atoms with Crippen molar-refractivity contribution in [3.63, 3.8) is 0 Å². The molecule has 5 heteroatoms. The molecular formula is C16H19NO4. The molecule has 1 aromatic carbocycles. The summed E-state index contributed by atoms with van der Waals surface area (Å²) in [7, 11) is 1.61. The molecule has 2 rings (SSSR count). The maximum Gasteiger partial charge on any atom is 0.308 e. The van der Waals surface area contributed by atoms with Gasteiger partial charge in [0.05, 0.1) is 11.8 Å². The summed E-state index contributed by atoms with van der Waals surface area (Å²) in [5.41, 5.74) is 1.37. The van der Waals surface area contributed by atoms with Crippen LogP contribution in [0.3, 0.4) is 0 Å².